The summed E-state index contributed by atoms with van der Waals surface area (Å²) in [5.41, 5.74) is 6.37. The summed E-state index contributed by atoms with van der Waals surface area (Å²) in [6, 6.07) is 3.72. The van der Waals surface area contributed by atoms with Crippen molar-refractivity contribution in [1.82, 2.24) is 10.3 Å². The number of carbonyl (C=O) groups is 1. The number of rotatable bonds is 3. The van der Waals surface area contributed by atoms with Crippen LogP contribution in [0.3, 0.4) is 0 Å². The van der Waals surface area contributed by atoms with Gasteiger partial charge in [0.1, 0.15) is 5.54 Å². The average Bonchev–Trinajstić information content (AvgIpc) is 2.95. The summed E-state index contributed by atoms with van der Waals surface area (Å²) in [4.78, 5) is 16.8. The smallest absolute Gasteiger partial charge is 0.241 e. The summed E-state index contributed by atoms with van der Waals surface area (Å²) in [5.74, 6) is 0.0423. The molecule has 1 aromatic heterocycles. The Balaban J connectivity index is 1.76. The van der Waals surface area contributed by atoms with Crippen LogP contribution in [0.15, 0.2) is 24.5 Å². The third kappa shape index (κ3) is 1.91. The van der Waals surface area contributed by atoms with Crippen molar-refractivity contribution in [2.45, 2.75) is 44.9 Å². The van der Waals surface area contributed by atoms with Gasteiger partial charge in [0.15, 0.2) is 0 Å². The number of fused-ring (bicyclic) bond motifs is 1. The van der Waals surface area contributed by atoms with E-state index in [1.54, 1.807) is 12.4 Å². The molecule has 2 aliphatic rings. The van der Waals surface area contributed by atoms with E-state index in [0.29, 0.717) is 6.61 Å². The molecule has 3 unspecified atom stereocenters. The van der Waals surface area contributed by atoms with Gasteiger partial charge in [0.2, 0.25) is 5.91 Å². The largest absolute Gasteiger partial charge is 0.377 e. The minimum absolute atomic E-state index is 0.0800. The topological polar surface area (TPSA) is 77.2 Å². The number of hydrogen-bond donors (Lipinski definition) is 2. The van der Waals surface area contributed by atoms with E-state index in [-0.39, 0.29) is 29.4 Å². The van der Waals surface area contributed by atoms with Gasteiger partial charge in [-0.1, -0.05) is 13.8 Å². The molecule has 1 saturated carbocycles. The van der Waals surface area contributed by atoms with E-state index < -0.39 is 5.54 Å². The maximum absolute atomic E-state index is 12.8. The summed E-state index contributed by atoms with van der Waals surface area (Å²) >= 11 is 0. The SMILES string of the molecule is C[C@@H](NC(=O)C1(N)C2CCOC2C1(C)C)c1ccncc1. The predicted molar refractivity (Wildman–Crippen MR) is 79.3 cm³/mol. The van der Waals surface area contributed by atoms with Crippen LogP contribution >= 0.6 is 0 Å². The third-order valence-corrected chi connectivity index (χ3v) is 5.38. The van der Waals surface area contributed by atoms with Gasteiger partial charge in [-0.15, -0.1) is 0 Å². The number of nitrogens with one attached hydrogen (secondary N) is 1. The molecule has 5 heteroatoms. The molecule has 5 nitrogen and oxygen atoms in total. The fraction of sp³-hybridized carbons (Fsp3) is 0.625. The van der Waals surface area contributed by atoms with Crippen molar-refractivity contribution >= 4 is 5.91 Å². The lowest BCUT2D eigenvalue weighted by Crippen LogP contribution is -2.80. The van der Waals surface area contributed by atoms with Crippen LogP contribution < -0.4 is 11.1 Å². The summed E-state index contributed by atoms with van der Waals surface area (Å²) in [7, 11) is 0. The van der Waals surface area contributed by atoms with Crippen molar-refractivity contribution in [3.8, 4) is 0 Å². The number of carbonyl (C=O) groups excluding carboxylic acids is 1. The second-order valence-corrected chi connectivity index (χ2v) is 6.75. The molecular formula is C16H23N3O2. The first-order chi connectivity index (χ1) is 9.89. The van der Waals surface area contributed by atoms with Crippen LogP contribution in [0.2, 0.25) is 0 Å². The zero-order valence-corrected chi connectivity index (χ0v) is 12.8. The van der Waals surface area contributed by atoms with Crippen LogP contribution in [0, 0.1) is 11.3 Å². The normalized spacial score (nSPS) is 34.7. The highest BCUT2D eigenvalue weighted by Gasteiger charge is 2.71. The Morgan fingerprint density at radius 2 is 2.14 bits per heavy atom. The van der Waals surface area contributed by atoms with E-state index in [0.717, 1.165) is 12.0 Å². The molecule has 2 fully saturated rings. The van der Waals surface area contributed by atoms with E-state index in [1.165, 1.54) is 0 Å². The second kappa shape index (κ2) is 4.78. The van der Waals surface area contributed by atoms with Crippen LogP contribution in [0.5, 0.6) is 0 Å². The Kier molecular flexibility index (Phi) is 3.30. The van der Waals surface area contributed by atoms with Crippen molar-refractivity contribution < 1.29 is 9.53 Å². The molecule has 1 aliphatic heterocycles. The Morgan fingerprint density at radius 1 is 1.48 bits per heavy atom. The second-order valence-electron chi connectivity index (χ2n) is 6.75. The summed E-state index contributed by atoms with van der Waals surface area (Å²) < 4.78 is 5.73. The zero-order valence-electron chi connectivity index (χ0n) is 12.8. The molecular weight excluding hydrogens is 266 g/mol. The molecule has 3 N–H and O–H groups in total. The van der Waals surface area contributed by atoms with Crippen LogP contribution in [-0.2, 0) is 9.53 Å². The van der Waals surface area contributed by atoms with Crippen LogP contribution in [0.4, 0.5) is 0 Å². The number of hydrogen-bond acceptors (Lipinski definition) is 4. The Labute approximate surface area is 125 Å². The highest BCUT2D eigenvalue weighted by molar-refractivity contribution is 5.89. The Morgan fingerprint density at radius 3 is 2.81 bits per heavy atom. The van der Waals surface area contributed by atoms with Gasteiger partial charge in [0, 0.05) is 30.3 Å². The first-order valence-corrected chi connectivity index (χ1v) is 7.50. The van der Waals surface area contributed by atoms with Crippen molar-refractivity contribution in [2.24, 2.45) is 17.1 Å². The van der Waals surface area contributed by atoms with Crippen LogP contribution in [0.1, 0.15) is 38.8 Å². The van der Waals surface area contributed by atoms with E-state index in [1.807, 2.05) is 32.9 Å². The highest BCUT2D eigenvalue weighted by atomic mass is 16.5. The molecule has 2 heterocycles. The first-order valence-electron chi connectivity index (χ1n) is 7.50. The molecule has 4 atom stereocenters. The zero-order chi connectivity index (χ0) is 15.3. The minimum atomic E-state index is -0.852. The molecule has 114 valence electrons. The molecule has 0 spiro atoms. The molecule has 3 rings (SSSR count). The highest BCUT2D eigenvalue weighted by Crippen LogP contribution is 2.58. The van der Waals surface area contributed by atoms with Gasteiger partial charge < -0.3 is 15.8 Å². The summed E-state index contributed by atoms with van der Waals surface area (Å²) in [6.45, 7) is 6.71. The number of nitrogens with two attached hydrogens (primary N) is 1. The number of ether oxygens (including phenoxy) is 1. The van der Waals surface area contributed by atoms with Crippen molar-refractivity contribution in [1.29, 1.82) is 0 Å². The number of aromatic nitrogens is 1. The van der Waals surface area contributed by atoms with Crippen molar-refractivity contribution in [2.75, 3.05) is 6.61 Å². The first kappa shape index (κ1) is 14.5. The van der Waals surface area contributed by atoms with Gasteiger partial charge in [-0.3, -0.25) is 9.78 Å². The lowest BCUT2D eigenvalue weighted by Gasteiger charge is -2.60. The molecule has 1 aliphatic carbocycles. The standard InChI is InChI=1S/C16H23N3O2/c1-10(11-4-7-18-8-5-11)19-14(20)16(17)12-6-9-21-13(12)15(16,2)3/h4-5,7-8,10,12-13H,6,9,17H2,1-3H3,(H,19,20)/t10-,12?,13?,16?/m1/s1. The van der Waals surface area contributed by atoms with Crippen molar-refractivity contribution in [3.05, 3.63) is 30.1 Å². The molecule has 0 radical (unpaired) electrons. The van der Waals surface area contributed by atoms with E-state index >= 15 is 0 Å². The van der Waals surface area contributed by atoms with E-state index in [9.17, 15) is 4.79 Å². The fourth-order valence-corrected chi connectivity index (χ4v) is 3.90. The maximum Gasteiger partial charge on any atom is 0.241 e. The molecule has 1 aromatic rings. The molecule has 0 aromatic carbocycles. The lowest BCUT2D eigenvalue weighted by atomic mass is 9.48. The Bertz CT molecular complexity index is 546. The van der Waals surface area contributed by atoms with Gasteiger partial charge in [-0.25, -0.2) is 0 Å². The maximum atomic E-state index is 12.8. The molecule has 1 saturated heterocycles. The van der Waals surface area contributed by atoms with Gasteiger partial charge in [-0.2, -0.15) is 0 Å². The number of nitrogens with zero attached hydrogens (tertiary/aromatic N) is 1. The predicted octanol–water partition coefficient (Wildman–Crippen LogP) is 1.40. The molecule has 21 heavy (non-hydrogen) atoms. The number of amides is 1. The Hall–Kier alpha value is -1.46. The summed E-state index contributed by atoms with van der Waals surface area (Å²) in [6.07, 6.45) is 4.42. The van der Waals surface area contributed by atoms with Crippen molar-refractivity contribution in [3.63, 3.8) is 0 Å². The van der Waals surface area contributed by atoms with E-state index in [4.69, 9.17) is 10.5 Å². The van der Waals surface area contributed by atoms with Gasteiger partial charge in [0.05, 0.1) is 12.1 Å². The van der Waals surface area contributed by atoms with E-state index in [2.05, 4.69) is 10.3 Å². The number of pyridine rings is 1. The molecule has 0 bridgehead atoms. The lowest BCUT2D eigenvalue weighted by molar-refractivity contribution is -0.175. The molecule has 1 amide bonds. The van der Waals surface area contributed by atoms with Crippen LogP contribution in [0.25, 0.3) is 0 Å². The minimum Gasteiger partial charge on any atom is -0.377 e. The fourth-order valence-electron chi connectivity index (χ4n) is 3.90. The summed E-state index contributed by atoms with van der Waals surface area (Å²) in [5, 5.41) is 3.06. The quantitative estimate of drug-likeness (QED) is 0.882. The monoisotopic (exact) mass is 289 g/mol. The van der Waals surface area contributed by atoms with Gasteiger partial charge in [0.25, 0.3) is 0 Å². The van der Waals surface area contributed by atoms with Gasteiger partial charge in [-0.05, 0) is 31.0 Å². The third-order valence-electron chi connectivity index (χ3n) is 5.38. The average molecular weight is 289 g/mol. The van der Waals surface area contributed by atoms with Crippen LogP contribution in [-0.4, -0.2) is 29.1 Å². The van der Waals surface area contributed by atoms with Gasteiger partial charge >= 0.3 is 0 Å².